The van der Waals surface area contributed by atoms with Gasteiger partial charge in [-0.3, -0.25) is 14.4 Å². The molecule has 220 valence electrons. The Labute approximate surface area is 248 Å². The van der Waals surface area contributed by atoms with Gasteiger partial charge in [-0.05, 0) is 61.6 Å². The largest absolute Gasteiger partial charge is 0.369 e. The summed E-state index contributed by atoms with van der Waals surface area (Å²) < 4.78 is 0. The topological polar surface area (TPSA) is 108 Å². The van der Waals surface area contributed by atoms with Crippen LogP contribution in [0.5, 0.6) is 0 Å². The summed E-state index contributed by atoms with van der Waals surface area (Å²) in [5.41, 5.74) is 10.4. The van der Waals surface area contributed by atoms with Crippen LogP contribution in [0.15, 0.2) is 83.9 Å². The fraction of sp³-hybridized carbons (Fsp3) is 0.353. The average molecular weight is 568 g/mol. The van der Waals surface area contributed by atoms with E-state index in [1.807, 2.05) is 74.3 Å². The van der Waals surface area contributed by atoms with E-state index in [0.717, 1.165) is 35.2 Å². The van der Waals surface area contributed by atoms with Crippen molar-refractivity contribution in [1.82, 2.24) is 15.1 Å². The summed E-state index contributed by atoms with van der Waals surface area (Å²) in [6.07, 6.45) is 3.06. The van der Waals surface area contributed by atoms with E-state index in [-0.39, 0.29) is 36.2 Å². The van der Waals surface area contributed by atoms with E-state index in [1.54, 1.807) is 11.0 Å². The number of fused-ring (bicyclic) bond motifs is 1. The predicted octanol–water partition coefficient (Wildman–Crippen LogP) is 5.35. The number of nitrogens with one attached hydrogen (secondary N) is 1. The van der Waals surface area contributed by atoms with Gasteiger partial charge in [-0.15, -0.1) is 0 Å². The van der Waals surface area contributed by atoms with Gasteiger partial charge in [-0.25, -0.2) is 4.99 Å². The number of nitrogens with zero attached hydrogens (tertiary/aromatic N) is 3. The molecule has 3 N–H and O–H groups in total. The fourth-order valence-electron chi connectivity index (χ4n) is 5.27. The first-order valence-corrected chi connectivity index (χ1v) is 14.6. The van der Waals surface area contributed by atoms with Crippen LogP contribution in [0.2, 0.25) is 0 Å². The molecule has 2 amide bonds. The Kier molecular flexibility index (Phi) is 10.5. The van der Waals surface area contributed by atoms with Crippen LogP contribution in [-0.2, 0) is 16.1 Å². The number of unbranched alkanes of at least 4 members (excludes halogenated alkanes) is 2. The summed E-state index contributed by atoms with van der Waals surface area (Å²) in [7, 11) is 1.86. The molecule has 42 heavy (non-hydrogen) atoms. The van der Waals surface area contributed by atoms with E-state index in [4.69, 9.17) is 5.73 Å². The molecule has 1 aliphatic rings. The summed E-state index contributed by atoms with van der Waals surface area (Å²) >= 11 is 0. The molecule has 0 aliphatic carbocycles. The number of aliphatic imine (C=N–C) groups is 1. The molecule has 0 radical (unpaired) electrons. The van der Waals surface area contributed by atoms with Crippen molar-refractivity contribution in [3.8, 4) is 0 Å². The number of carbonyl (C=O) groups is 3. The Bertz CT molecular complexity index is 1370. The van der Waals surface area contributed by atoms with Gasteiger partial charge in [-0.1, -0.05) is 67.1 Å². The van der Waals surface area contributed by atoms with Crippen molar-refractivity contribution in [1.29, 1.82) is 0 Å². The Morgan fingerprint density at radius 3 is 2.14 bits per heavy atom. The standard InChI is InChI=1S/C34H41N5O3/c1-24(2)36-31(41)23-39-22-28-21-27(19-20-29(28)37-34(39)35)30(40)17-11-6-12-18-32(42)38(3)33(25-13-7-4-8-14-25)26-15-9-5-10-16-26/h4-5,7-10,13-16,19-21,24,33H,6,11-12,17-18,22-23H2,1-3H3,(H2,35,37)(H,36,41). The van der Waals surface area contributed by atoms with Crippen molar-refractivity contribution in [3.05, 3.63) is 101 Å². The smallest absolute Gasteiger partial charge is 0.239 e. The zero-order chi connectivity index (χ0) is 30.1. The molecule has 8 nitrogen and oxygen atoms in total. The van der Waals surface area contributed by atoms with Gasteiger partial charge in [0.25, 0.3) is 0 Å². The van der Waals surface area contributed by atoms with Crippen LogP contribution in [-0.4, -0.2) is 53.0 Å². The molecular formula is C34H41N5O3. The van der Waals surface area contributed by atoms with Crippen LogP contribution < -0.4 is 11.1 Å². The normalized spacial score (nSPS) is 12.6. The lowest BCUT2D eigenvalue weighted by atomic mass is 9.97. The summed E-state index contributed by atoms with van der Waals surface area (Å²) in [4.78, 5) is 46.3. The zero-order valence-electron chi connectivity index (χ0n) is 24.8. The maximum Gasteiger partial charge on any atom is 0.239 e. The first kappa shape index (κ1) is 30.5. The molecule has 0 fully saturated rings. The number of hydrogen-bond acceptors (Lipinski definition) is 6. The fourth-order valence-corrected chi connectivity index (χ4v) is 5.27. The number of guanidine groups is 1. The molecule has 8 heteroatoms. The number of Topliss-reactive ketones (excluding diaryl/α,β-unsaturated/α-hetero) is 1. The molecule has 0 bridgehead atoms. The van der Waals surface area contributed by atoms with Crippen molar-refractivity contribution in [2.24, 2.45) is 10.7 Å². The Morgan fingerprint density at radius 1 is 0.905 bits per heavy atom. The van der Waals surface area contributed by atoms with Crippen LogP contribution >= 0.6 is 0 Å². The number of benzene rings is 3. The van der Waals surface area contributed by atoms with Gasteiger partial charge in [0.15, 0.2) is 11.7 Å². The minimum absolute atomic E-state index is 0.0384. The highest BCUT2D eigenvalue weighted by Gasteiger charge is 2.24. The highest BCUT2D eigenvalue weighted by atomic mass is 16.2. The lowest BCUT2D eigenvalue weighted by Crippen LogP contribution is -2.46. The highest BCUT2D eigenvalue weighted by Crippen LogP contribution is 2.29. The maximum absolute atomic E-state index is 13.2. The quantitative estimate of drug-likeness (QED) is 0.214. The van der Waals surface area contributed by atoms with Crippen molar-refractivity contribution in [3.63, 3.8) is 0 Å². The van der Waals surface area contributed by atoms with Crippen LogP contribution in [0.1, 0.15) is 79.0 Å². The SMILES string of the molecule is CC(C)NC(=O)CN1Cc2cc(C(=O)CCCCCC(=O)N(C)C(c3ccccc3)c3ccccc3)ccc2N=C1N. The van der Waals surface area contributed by atoms with E-state index in [1.165, 1.54) is 0 Å². The van der Waals surface area contributed by atoms with Gasteiger partial charge in [0.05, 0.1) is 18.3 Å². The first-order valence-electron chi connectivity index (χ1n) is 14.6. The molecule has 1 aliphatic heterocycles. The van der Waals surface area contributed by atoms with E-state index < -0.39 is 0 Å². The van der Waals surface area contributed by atoms with Crippen molar-refractivity contribution >= 4 is 29.2 Å². The zero-order valence-corrected chi connectivity index (χ0v) is 24.8. The Morgan fingerprint density at radius 2 is 1.52 bits per heavy atom. The van der Waals surface area contributed by atoms with Gasteiger partial charge in [0.2, 0.25) is 11.8 Å². The Balaban J connectivity index is 1.27. The summed E-state index contributed by atoms with van der Waals surface area (Å²) in [5, 5.41) is 2.86. The van der Waals surface area contributed by atoms with E-state index >= 15 is 0 Å². The van der Waals surface area contributed by atoms with Crippen molar-refractivity contribution in [2.45, 2.75) is 64.6 Å². The van der Waals surface area contributed by atoms with E-state index in [0.29, 0.717) is 37.3 Å². The molecule has 0 unspecified atom stereocenters. The number of ketones is 1. The van der Waals surface area contributed by atoms with Gasteiger partial charge < -0.3 is 20.9 Å². The lowest BCUT2D eigenvalue weighted by Gasteiger charge is -2.29. The van der Waals surface area contributed by atoms with Crippen LogP contribution in [0.25, 0.3) is 0 Å². The number of carbonyl (C=O) groups excluding carboxylic acids is 3. The minimum Gasteiger partial charge on any atom is -0.369 e. The predicted molar refractivity (Wildman–Crippen MR) is 166 cm³/mol. The molecular weight excluding hydrogens is 526 g/mol. The molecule has 0 atom stereocenters. The van der Waals surface area contributed by atoms with Crippen LogP contribution in [0, 0.1) is 0 Å². The molecule has 4 rings (SSSR count). The van der Waals surface area contributed by atoms with Gasteiger partial charge >= 0.3 is 0 Å². The average Bonchev–Trinajstić information content (AvgIpc) is 2.97. The Hall–Kier alpha value is -4.46. The molecule has 0 spiro atoms. The van der Waals surface area contributed by atoms with Gasteiger partial charge in [-0.2, -0.15) is 0 Å². The third-order valence-corrected chi connectivity index (χ3v) is 7.41. The number of nitrogens with two attached hydrogens (primary N) is 1. The molecule has 3 aromatic rings. The third kappa shape index (κ3) is 8.06. The lowest BCUT2D eigenvalue weighted by molar-refractivity contribution is -0.131. The minimum atomic E-state index is -0.148. The summed E-state index contributed by atoms with van der Waals surface area (Å²) in [6, 6.07) is 25.5. The molecule has 0 saturated carbocycles. The summed E-state index contributed by atoms with van der Waals surface area (Å²) in [6.45, 7) is 4.33. The van der Waals surface area contributed by atoms with Crippen LogP contribution in [0.4, 0.5) is 5.69 Å². The second kappa shape index (κ2) is 14.4. The van der Waals surface area contributed by atoms with Gasteiger partial charge in [0.1, 0.15) is 0 Å². The maximum atomic E-state index is 13.2. The molecule has 3 aromatic carbocycles. The molecule has 0 aromatic heterocycles. The summed E-state index contributed by atoms with van der Waals surface area (Å²) in [5.74, 6) is 0.306. The molecule has 0 saturated heterocycles. The number of rotatable bonds is 13. The second-order valence-corrected chi connectivity index (χ2v) is 11.1. The number of amides is 2. The highest BCUT2D eigenvalue weighted by molar-refractivity contribution is 5.97. The second-order valence-electron chi connectivity index (χ2n) is 11.1. The third-order valence-electron chi connectivity index (χ3n) is 7.41. The van der Waals surface area contributed by atoms with Crippen molar-refractivity contribution < 1.29 is 14.4 Å². The van der Waals surface area contributed by atoms with E-state index in [2.05, 4.69) is 34.6 Å². The van der Waals surface area contributed by atoms with Crippen molar-refractivity contribution in [2.75, 3.05) is 13.6 Å². The first-order chi connectivity index (χ1) is 20.2. The monoisotopic (exact) mass is 567 g/mol. The van der Waals surface area contributed by atoms with Gasteiger partial charge in [0, 0.05) is 38.0 Å². The van der Waals surface area contributed by atoms with E-state index in [9.17, 15) is 14.4 Å². The van der Waals surface area contributed by atoms with Crippen LogP contribution in [0.3, 0.4) is 0 Å². The molecule has 1 heterocycles. The number of hydrogen-bond donors (Lipinski definition) is 2.